The number of benzene rings is 1. The molecule has 1 aromatic carbocycles. The molecule has 0 aromatic heterocycles. The van der Waals surface area contributed by atoms with E-state index < -0.39 is 0 Å². The summed E-state index contributed by atoms with van der Waals surface area (Å²) in [7, 11) is 2.10. The monoisotopic (exact) mass is 287 g/mol. The fourth-order valence-electron chi connectivity index (χ4n) is 3.55. The van der Waals surface area contributed by atoms with Crippen molar-refractivity contribution >= 4 is 0 Å². The van der Waals surface area contributed by atoms with Crippen molar-refractivity contribution in [2.75, 3.05) is 7.05 Å². The predicted octanol–water partition coefficient (Wildman–Crippen LogP) is 5.61. The number of hydrogen-bond donors (Lipinski definition) is 1. The second-order valence-electron chi connectivity index (χ2n) is 7.43. The van der Waals surface area contributed by atoms with E-state index in [2.05, 4.69) is 57.4 Å². The van der Waals surface area contributed by atoms with Gasteiger partial charge in [0.1, 0.15) is 0 Å². The van der Waals surface area contributed by atoms with Crippen molar-refractivity contribution in [2.45, 2.75) is 77.2 Å². The minimum absolute atomic E-state index is 0.289. The van der Waals surface area contributed by atoms with E-state index >= 15 is 0 Å². The standard InChI is InChI=1S/C20H33N/c1-5-20(2,3)18-13-11-17(12-14-18)19(21-4)15-10-16-8-6-7-9-16/h11-14,16,19,21H,5-10,15H2,1-4H3. The summed E-state index contributed by atoms with van der Waals surface area (Å²) < 4.78 is 0. The Morgan fingerprint density at radius 3 is 2.29 bits per heavy atom. The molecule has 1 aromatic rings. The minimum Gasteiger partial charge on any atom is -0.313 e. The van der Waals surface area contributed by atoms with Crippen molar-refractivity contribution in [1.82, 2.24) is 5.32 Å². The molecule has 1 unspecified atom stereocenters. The van der Waals surface area contributed by atoms with E-state index in [1.54, 1.807) is 0 Å². The summed E-state index contributed by atoms with van der Waals surface area (Å²) in [6.45, 7) is 6.93. The Hall–Kier alpha value is -0.820. The van der Waals surface area contributed by atoms with Crippen LogP contribution >= 0.6 is 0 Å². The van der Waals surface area contributed by atoms with E-state index in [1.165, 1.54) is 56.1 Å². The van der Waals surface area contributed by atoms with Crippen LogP contribution in [0.1, 0.15) is 82.9 Å². The quantitative estimate of drug-likeness (QED) is 0.687. The largest absolute Gasteiger partial charge is 0.313 e. The zero-order valence-corrected chi connectivity index (χ0v) is 14.4. The number of nitrogens with one attached hydrogen (secondary N) is 1. The van der Waals surface area contributed by atoms with Crippen LogP contribution in [0.25, 0.3) is 0 Å². The first-order valence-electron chi connectivity index (χ1n) is 8.84. The summed E-state index contributed by atoms with van der Waals surface area (Å²) in [5.74, 6) is 0.985. The van der Waals surface area contributed by atoms with Gasteiger partial charge in [-0.1, -0.05) is 70.7 Å². The average Bonchev–Trinajstić information content (AvgIpc) is 3.02. The molecule has 0 aliphatic heterocycles. The van der Waals surface area contributed by atoms with Gasteiger partial charge in [0.05, 0.1) is 0 Å². The summed E-state index contributed by atoms with van der Waals surface area (Å²) in [5, 5.41) is 3.51. The van der Waals surface area contributed by atoms with Crippen molar-refractivity contribution in [1.29, 1.82) is 0 Å². The Morgan fingerprint density at radius 1 is 1.14 bits per heavy atom. The Kier molecular flexibility index (Phi) is 5.87. The van der Waals surface area contributed by atoms with Gasteiger partial charge in [0.25, 0.3) is 0 Å². The second kappa shape index (κ2) is 7.45. The normalized spacial score (nSPS) is 18.1. The fraction of sp³-hybridized carbons (Fsp3) is 0.700. The summed E-state index contributed by atoms with van der Waals surface area (Å²) in [6.07, 6.45) is 9.67. The van der Waals surface area contributed by atoms with E-state index in [-0.39, 0.29) is 5.41 Å². The molecule has 0 saturated heterocycles. The van der Waals surface area contributed by atoms with Gasteiger partial charge < -0.3 is 5.32 Å². The van der Waals surface area contributed by atoms with Crippen molar-refractivity contribution in [3.63, 3.8) is 0 Å². The minimum atomic E-state index is 0.289. The second-order valence-corrected chi connectivity index (χ2v) is 7.43. The Balaban J connectivity index is 1.97. The fourth-order valence-corrected chi connectivity index (χ4v) is 3.55. The van der Waals surface area contributed by atoms with Gasteiger partial charge in [0.15, 0.2) is 0 Å². The molecular formula is C20H33N. The molecule has 0 spiro atoms. The highest BCUT2D eigenvalue weighted by atomic mass is 14.9. The van der Waals surface area contributed by atoms with E-state index in [0.29, 0.717) is 6.04 Å². The topological polar surface area (TPSA) is 12.0 Å². The molecule has 1 atom stereocenters. The molecule has 0 bridgehead atoms. The zero-order chi connectivity index (χ0) is 15.3. The van der Waals surface area contributed by atoms with Crippen LogP contribution in [0.2, 0.25) is 0 Å². The SMILES string of the molecule is CCC(C)(C)c1ccc(C(CCC2CCCC2)NC)cc1. The lowest BCUT2D eigenvalue weighted by Crippen LogP contribution is -2.19. The molecule has 1 aliphatic carbocycles. The van der Waals surface area contributed by atoms with E-state index in [4.69, 9.17) is 0 Å². The van der Waals surface area contributed by atoms with E-state index in [9.17, 15) is 0 Å². The van der Waals surface area contributed by atoms with Crippen LogP contribution in [0.3, 0.4) is 0 Å². The molecule has 1 heteroatoms. The maximum absolute atomic E-state index is 3.51. The van der Waals surface area contributed by atoms with Gasteiger partial charge in [-0.25, -0.2) is 0 Å². The molecule has 1 aliphatic rings. The van der Waals surface area contributed by atoms with Gasteiger partial charge in [-0.2, -0.15) is 0 Å². The first kappa shape index (κ1) is 16.5. The zero-order valence-electron chi connectivity index (χ0n) is 14.4. The summed E-state index contributed by atoms with van der Waals surface area (Å²) in [6, 6.07) is 9.85. The van der Waals surface area contributed by atoms with Gasteiger partial charge in [0.2, 0.25) is 0 Å². The highest BCUT2D eigenvalue weighted by Gasteiger charge is 2.20. The highest BCUT2D eigenvalue weighted by Crippen LogP contribution is 2.32. The Labute approximate surface area is 131 Å². The van der Waals surface area contributed by atoms with Gasteiger partial charge in [-0.3, -0.25) is 0 Å². The predicted molar refractivity (Wildman–Crippen MR) is 92.8 cm³/mol. The molecule has 21 heavy (non-hydrogen) atoms. The molecule has 1 N–H and O–H groups in total. The van der Waals surface area contributed by atoms with Gasteiger partial charge in [-0.05, 0) is 48.8 Å². The van der Waals surface area contributed by atoms with Crippen LogP contribution < -0.4 is 5.32 Å². The van der Waals surface area contributed by atoms with E-state index in [0.717, 1.165) is 5.92 Å². The van der Waals surface area contributed by atoms with Crippen molar-refractivity contribution in [3.05, 3.63) is 35.4 Å². The maximum Gasteiger partial charge on any atom is 0.0317 e. The number of hydrogen-bond acceptors (Lipinski definition) is 1. The molecule has 0 heterocycles. The molecule has 0 radical (unpaired) electrons. The summed E-state index contributed by atoms with van der Waals surface area (Å²) in [4.78, 5) is 0. The first-order valence-corrected chi connectivity index (χ1v) is 8.84. The third kappa shape index (κ3) is 4.32. The molecule has 1 fully saturated rings. The van der Waals surface area contributed by atoms with Crippen LogP contribution in [0.4, 0.5) is 0 Å². The van der Waals surface area contributed by atoms with Crippen LogP contribution in [0.5, 0.6) is 0 Å². The van der Waals surface area contributed by atoms with Crippen molar-refractivity contribution in [2.24, 2.45) is 5.92 Å². The molecule has 0 amide bonds. The summed E-state index contributed by atoms with van der Waals surface area (Å²) in [5.41, 5.74) is 3.20. The molecule has 1 nitrogen and oxygen atoms in total. The van der Waals surface area contributed by atoms with Crippen LogP contribution in [0, 0.1) is 5.92 Å². The van der Waals surface area contributed by atoms with Gasteiger partial charge in [0, 0.05) is 6.04 Å². The third-order valence-corrected chi connectivity index (χ3v) is 5.67. The lowest BCUT2D eigenvalue weighted by molar-refractivity contribution is 0.427. The lowest BCUT2D eigenvalue weighted by atomic mass is 9.81. The van der Waals surface area contributed by atoms with Crippen LogP contribution in [-0.2, 0) is 5.41 Å². The molecule has 118 valence electrons. The van der Waals surface area contributed by atoms with Crippen molar-refractivity contribution in [3.8, 4) is 0 Å². The average molecular weight is 287 g/mol. The summed E-state index contributed by atoms with van der Waals surface area (Å²) >= 11 is 0. The van der Waals surface area contributed by atoms with Crippen LogP contribution in [-0.4, -0.2) is 7.05 Å². The van der Waals surface area contributed by atoms with Crippen LogP contribution in [0.15, 0.2) is 24.3 Å². The Bertz CT molecular complexity index is 412. The maximum atomic E-state index is 3.51. The first-order chi connectivity index (χ1) is 10.1. The van der Waals surface area contributed by atoms with Crippen molar-refractivity contribution < 1.29 is 0 Å². The highest BCUT2D eigenvalue weighted by molar-refractivity contribution is 5.29. The van der Waals surface area contributed by atoms with Gasteiger partial charge >= 0.3 is 0 Å². The molecule has 2 rings (SSSR count). The van der Waals surface area contributed by atoms with E-state index in [1.807, 2.05) is 0 Å². The van der Waals surface area contributed by atoms with Gasteiger partial charge in [-0.15, -0.1) is 0 Å². The molecular weight excluding hydrogens is 254 g/mol. The Morgan fingerprint density at radius 2 is 1.76 bits per heavy atom. The molecule has 1 saturated carbocycles. The smallest absolute Gasteiger partial charge is 0.0317 e. The lowest BCUT2D eigenvalue weighted by Gasteiger charge is -2.25. The number of rotatable bonds is 7. The third-order valence-electron chi connectivity index (χ3n) is 5.67.